The van der Waals surface area contributed by atoms with Crippen molar-refractivity contribution < 1.29 is 4.74 Å². The third-order valence-electron chi connectivity index (χ3n) is 5.65. The Morgan fingerprint density at radius 2 is 2.14 bits per heavy atom. The second-order valence-corrected chi connectivity index (χ2v) is 8.24. The van der Waals surface area contributed by atoms with Crippen LogP contribution in [0.5, 0.6) is 0 Å². The molecule has 21 heavy (non-hydrogen) atoms. The normalized spacial score (nSPS) is 30.2. The molecule has 1 aromatic heterocycles. The first kappa shape index (κ1) is 15.5. The molecule has 3 rings (SSSR count). The molecule has 0 spiro atoms. The Kier molecular flexibility index (Phi) is 4.72. The molecule has 0 aliphatic heterocycles. The van der Waals surface area contributed by atoms with Crippen LogP contribution < -0.4 is 5.32 Å². The topological polar surface area (TPSA) is 21.3 Å². The van der Waals surface area contributed by atoms with E-state index in [2.05, 4.69) is 43.6 Å². The maximum Gasteiger partial charge on any atom is 0.0655 e. The molecule has 3 heteroatoms. The van der Waals surface area contributed by atoms with Gasteiger partial charge >= 0.3 is 0 Å². The SMILES string of the molecule is CCOC1CC(NC(c2cccs2)C2CCCC2)C1(C)C. The van der Waals surface area contributed by atoms with Crippen LogP contribution in [0.25, 0.3) is 0 Å². The van der Waals surface area contributed by atoms with Crippen molar-refractivity contribution in [1.82, 2.24) is 5.32 Å². The number of thiophene rings is 1. The summed E-state index contributed by atoms with van der Waals surface area (Å²) in [5, 5.41) is 6.22. The van der Waals surface area contributed by atoms with E-state index in [9.17, 15) is 0 Å². The van der Waals surface area contributed by atoms with Crippen LogP contribution in [0.3, 0.4) is 0 Å². The summed E-state index contributed by atoms with van der Waals surface area (Å²) < 4.78 is 5.88. The molecule has 3 unspecified atom stereocenters. The average Bonchev–Trinajstić information content (AvgIpc) is 3.15. The van der Waals surface area contributed by atoms with Gasteiger partial charge in [-0.3, -0.25) is 0 Å². The van der Waals surface area contributed by atoms with Gasteiger partial charge in [-0.05, 0) is 43.6 Å². The van der Waals surface area contributed by atoms with Crippen molar-refractivity contribution in [3.05, 3.63) is 22.4 Å². The van der Waals surface area contributed by atoms with Gasteiger partial charge in [-0.25, -0.2) is 0 Å². The highest BCUT2D eigenvalue weighted by molar-refractivity contribution is 7.10. The summed E-state index contributed by atoms with van der Waals surface area (Å²) in [4.78, 5) is 1.53. The first-order chi connectivity index (χ1) is 10.1. The molecule has 1 aromatic rings. The maximum absolute atomic E-state index is 5.88. The fourth-order valence-corrected chi connectivity index (χ4v) is 4.96. The second-order valence-electron chi connectivity index (χ2n) is 7.26. The van der Waals surface area contributed by atoms with Crippen LogP contribution in [0, 0.1) is 11.3 Å². The van der Waals surface area contributed by atoms with Crippen molar-refractivity contribution >= 4 is 11.3 Å². The highest BCUT2D eigenvalue weighted by Crippen LogP contribution is 2.46. The van der Waals surface area contributed by atoms with E-state index in [1.54, 1.807) is 0 Å². The lowest BCUT2D eigenvalue weighted by Crippen LogP contribution is -2.61. The van der Waals surface area contributed by atoms with E-state index >= 15 is 0 Å². The van der Waals surface area contributed by atoms with Gasteiger partial charge in [-0.2, -0.15) is 0 Å². The summed E-state index contributed by atoms with van der Waals surface area (Å²) in [6.07, 6.45) is 7.17. The molecule has 2 fully saturated rings. The van der Waals surface area contributed by atoms with Gasteiger partial charge in [0.1, 0.15) is 0 Å². The van der Waals surface area contributed by atoms with E-state index in [0.717, 1.165) is 18.9 Å². The Balaban J connectivity index is 1.68. The van der Waals surface area contributed by atoms with Crippen LogP contribution >= 0.6 is 11.3 Å². The van der Waals surface area contributed by atoms with E-state index in [1.165, 1.54) is 30.6 Å². The number of hydrogen-bond acceptors (Lipinski definition) is 3. The highest BCUT2D eigenvalue weighted by Gasteiger charge is 2.50. The average molecular weight is 308 g/mol. The molecule has 2 aliphatic rings. The summed E-state index contributed by atoms with van der Waals surface area (Å²) in [6, 6.07) is 5.64. The number of nitrogens with one attached hydrogen (secondary N) is 1. The fourth-order valence-electron chi connectivity index (χ4n) is 4.08. The monoisotopic (exact) mass is 307 g/mol. The van der Waals surface area contributed by atoms with Gasteiger partial charge in [0.05, 0.1) is 6.10 Å². The van der Waals surface area contributed by atoms with Gasteiger partial charge in [0.25, 0.3) is 0 Å². The lowest BCUT2D eigenvalue weighted by molar-refractivity contribution is -0.117. The zero-order valence-electron chi connectivity index (χ0n) is 13.6. The predicted octanol–water partition coefficient (Wildman–Crippen LogP) is 4.77. The summed E-state index contributed by atoms with van der Waals surface area (Å²) in [5.74, 6) is 0.825. The van der Waals surface area contributed by atoms with Crippen molar-refractivity contribution in [1.29, 1.82) is 0 Å². The van der Waals surface area contributed by atoms with Crippen LogP contribution in [0.15, 0.2) is 17.5 Å². The van der Waals surface area contributed by atoms with Crippen LogP contribution in [-0.2, 0) is 4.74 Å². The van der Waals surface area contributed by atoms with E-state index in [4.69, 9.17) is 4.74 Å². The molecule has 2 saturated carbocycles. The van der Waals surface area contributed by atoms with Gasteiger partial charge in [0.2, 0.25) is 0 Å². The highest BCUT2D eigenvalue weighted by atomic mass is 32.1. The number of rotatable bonds is 6. The van der Waals surface area contributed by atoms with Gasteiger partial charge in [0, 0.05) is 29.0 Å². The van der Waals surface area contributed by atoms with E-state index in [-0.39, 0.29) is 5.41 Å². The van der Waals surface area contributed by atoms with Crippen molar-refractivity contribution in [2.24, 2.45) is 11.3 Å². The van der Waals surface area contributed by atoms with Gasteiger partial charge in [-0.1, -0.05) is 32.8 Å². The van der Waals surface area contributed by atoms with Crippen LogP contribution in [0.1, 0.15) is 63.8 Å². The van der Waals surface area contributed by atoms with E-state index in [1.807, 2.05) is 11.3 Å². The second kappa shape index (κ2) is 6.39. The largest absolute Gasteiger partial charge is 0.378 e. The number of hydrogen-bond donors (Lipinski definition) is 1. The zero-order chi connectivity index (χ0) is 14.9. The lowest BCUT2D eigenvalue weighted by Gasteiger charge is -2.53. The fraction of sp³-hybridized carbons (Fsp3) is 0.778. The van der Waals surface area contributed by atoms with Crippen molar-refractivity contribution in [2.45, 2.75) is 71.1 Å². The Hall–Kier alpha value is -0.380. The first-order valence-electron chi connectivity index (χ1n) is 8.54. The Morgan fingerprint density at radius 3 is 2.71 bits per heavy atom. The quantitative estimate of drug-likeness (QED) is 0.817. The molecule has 118 valence electrons. The lowest BCUT2D eigenvalue weighted by atomic mass is 9.64. The Labute approximate surface area is 133 Å². The van der Waals surface area contributed by atoms with Crippen LogP contribution in [0.4, 0.5) is 0 Å². The Morgan fingerprint density at radius 1 is 1.38 bits per heavy atom. The minimum atomic E-state index is 0.254. The summed E-state index contributed by atoms with van der Waals surface area (Å²) >= 11 is 1.91. The Bertz CT molecular complexity index is 436. The zero-order valence-corrected chi connectivity index (χ0v) is 14.4. The van der Waals surface area contributed by atoms with Crippen LogP contribution in [-0.4, -0.2) is 18.8 Å². The first-order valence-corrected chi connectivity index (χ1v) is 9.42. The minimum absolute atomic E-state index is 0.254. The van der Waals surface area contributed by atoms with Gasteiger partial charge in [-0.15, -0.1) is 11.3 Å². The molecule has 0 amide bonds. The molecule has 1 heterocycles. The molecule has 2 aliphatic carbocycles. The standard InChI is InChI=1S/C18H29NOS/c1-4-20-16-12-15(18(16,2)3)19-17(13-8-5-6-9-13)14-10-7-11-21-14/h7,10-11,13,15-17,19H,4-6,8-9,12H2,1-3H3. The van der Waals surface area contributed by atoms with Crippen LogP contribution in [0.2, 0.25) is 0 Å². The minimum Gasteiger partial charge on any atom is -0.378 e. The smallest absolute Gasteiger partial charge is 0.0655 e. The molecule has 1 N–H and O–H groups in total. The van der Waals surface area contributed by atoms with Crippen molar-refractivity contribution in [2.75, 3.05) is 6.61 Å². The van der Waals surface area contributed by atoms with Gasteiger partial charge in [0.15, 0.2) is 0 Å². The molecule has 3 atom stereocenters. The number of ether oxygens (including phenoxy) is 1. The summed E-state index contributed by atoms with van der Waals surface area (Å²) in [5.41, 5.74) is 0.254. The van der Waals surface area contributed by atoms with Crippen molar-refractivity contribution in [3.63, 3.8) is 0 Å². The van der Waals surface area contributed by atoms with E-state index in [0.29, 0.717) is 18.2 Å². The summed E-state index contributed by atoms with van der Waals surface area (Å²) in [7, 11) is 0. The third-order valence-corrected chi connectivity index (χ3v) is 6.60. The molecular formula is C18H29NOS. The molecule has 0 aromatic carbocycles. The molecular weight excluding hydrogens is 278 g/mol. The van der Waals surface area contributed by atoms with Crippen molar-refractivity contribution in [3.8, 4) is 0 Å². The molecule has 0 radical (unpaired) electrons. The maximum atomic E-state index is 5.88. The van der Waals surface area contributed by atoms with Gasteiger partial charge < -0.3 is 10.1 Å². The third kappa shape index (κ3) is 3.06. The molecule has 0 bridgehead atoms. The molecule has 0 saturated heterocycles. The molecule has 2 nitrogen and oxygen atoms in total. The van der Waals surface area contributed by atoms with E-state index < -0.39 is 0 Å². The predicted molar refractivity (Wildman–Crippen MR) is 89.8 cm³/mol. The summed E-state index contributed by atoms with van der Waals surface area (Å²) in [6.45, 7) is 7.64.